The molecule has 1 N–H and O–H groups in total. The van der Waals surface area contributed by atoms with Crippen molar-refractivity contribution < 1.29 is 0 Å². The molecule has 0 aliphatic heterocycles. The van der Waals surface area contributed by atoms with E-state index in [1.165, 1.54) is 0 Å². The first-order valence-electron chi connectivity index (χ1n) is 4.15. The molecular weight excluding hydrogens is 240 g/mol. The Morgan fingerprint density at radius 3 is 2.93 bits per heavy atom. The van der Waals surface area contributed by atoms with Crippen LogP contribution in [0.2, 0.25) is 0 Å². The molecule has 0 saturated heterocycles. The average Bonchev–Trinajstić information content (AvgIpc) is 2.18. The lowest BCUT2D eigenvalue weighted by Crippen LogP contribution is -2.02. The second-order valence-electron chi connectivity index (χ2n) is 2.66. The summed E-state index contributed by atoms with van der Waals surface area (Å²) >= 11 is 3.31. The van der Waals surface area contributed by atoms with Gasteiger partial charge in [0.05, 0.1) is 11.3 Å². The summed E-state index contributed by atoms with van der Waals surface area (Å²) in [6, 6.07) is 7.71. The average molecular weight is 249 g/mol. The number of hydrogen-bond acceptors (Lipinski definition) is 2. The maximum atomic E-state index is 8.90. The van der Waals surface area contributed by atoms with Crippen LogP contribution in [0.4, 0.5) is 5.69 Å². The van der Waals surface area contributed by atoms with Gasteiger partial charge in [-0.2, -0.15) is 5.26 Å². The molecule has 0 radical (unpaired) electrons. The van der Waals surface area contributed by atoms with E-state index in [-0.39, 0.29) is 0 Å². The third-order valence-electron chi connectivity index (χ3n) is 1.71. The first kappa shape index (κ1) is 10.6. The third-order valence-corrected chi connectivity index (χ3v) is 2.37. The van der Waals surface area contributed by atoms with E-state index in [2.05, 4.69) is 33.2 Å². The molecule has 3 heteroatoms. The summed E-state index contributed by atoms with van der Waals surface area (Å²) in [4.78, 5) is 0. The van der Waals surface area contributed by atoms with E-state index in [0.717, 1.165) is 10.2 Å². The standard InChI is InChI=1S/C11H9BrN2/c1-2-3-7-14-11-6-4-5-10(12)9(11)8-13/h1,4-6,14H,3,7H2. The highest BCUT2D eigenvalue weighted by molar-refractivity contribution is 9.10. The molecule has 2 nitrogen and oxygen atoms in total. The summed E-state index contributed by atoms with van der Waals surface area (Å²) in [5.41, 5.74) is 1.43. The zero-order chi connectivity index (χ0) is 10.4. The number of hydrogen-bond donors (Lipinski definition) is 1. The maximum absolute atomic E-state index is 8.90. The largest absolute Gasteiger partial charge is 0.383 e. The Morgan fingerprint density at radius 2 is 2.29 bits per heavy atom. The Hall–Kier alpha value is -1.45. The van der Waals surface area contributed by atoms with Gasteiger partial charge in [0.25, 0.3) is 0 Å². The Balaban J connectivity index is 2.83. The van der Waals surface area contributed by atoms with E-state index in [4.69, 9.17) is 11.7 Å². The first-order valence-corrected chi connectivity index (χ1v) is 4.95. The van der Waals surface area contributed by atoms with Crippen LogP contribution in [0.1, 0.15) is 12.0 Å². The molecule has 1 rings (SSSR count). The monoisotopic (exact) mass is 248 g/mol. The van der Waals surface area contributed by atoms with Crippen LogP contribution >= 0.6 is 15.9 Å². The summed E-state index contributed by atoms with van der Waals surface area (Å²) in [6.45, 7) is 0.682. The van der Waals surface area contributed by atoms with Crippen LogP contribution < -0.4 is 5.32 Å². The van der Waals surface area contributed by atoms with Gasteiger partial charge in [0.15, 0.2) is 0 Å². The van der Waals surface area contributed by atoms with E-state index in [9.17, 15) is 0 Å². The zero-order valence-electron chi connectivity index (χ0n) is 7.55. The van der Waals surface area contributed by atoms with Crippen LogP contribution in [0, 0.1) is 23.7 Å². The number of nitrogens with one attached hydrogen (secondary N) is 1. The number of nitrogens with zero attached hydrogens (tertiary/aromatic N) is 1. The molecule has 0 saturated carbocycles. The number of benzene rings is 1. The first-order chi connectivity index (χ1) is 6.79. The van der Waals surface area contributed by atoms with Crippen LogP contribution in [-0.4, -0.2) is 6.54 Å². The second-order valence-corrected chi connectivity index (χ2v) is 3.51. The topological polar surface area (TPSA) is 35.8 Å². The van der Waals surface area contributed by atoms with Gasteiger partial charge < -0.3 is 5.32 Å². The molecule has 0 bridgehead atoms. The molecule has 14 heavy (non-hydrogen) atoms. The summed E-state index contributed by atoms with van der Waals surface area (Å²) in [5.74, 6) is 2.53. The lowest BCUT2D eigenvalue weighted by molar-refractivity contribution is 1.10. The van der Waals surface area contributed by atoms with Crippen LogP contribution in [-0.2, 0) is 0 Å². The lowest BCUT2D eigenvalue weighted by atomic mass is 10.2. The lowest BCUT2D eigenvalue weighted by Gasteiger charge is -2.06. The number of terminal acetylenes is 1. The van der Waals surface area contributed by atoms with Crippen molar-refractivity contribution in [2.75, 3.05) is 11.9 Å². The molecule has 0 aromatic heterocycles. The van der Waals surface area contributed by atoms with Crippen molar-refractivity contribution in [2.24, 2.45) is 0 Å². The molecule has 0 spiro atoms. The second kappa shape index (κ2) is 5.32. The van der Waals surface area contributed by atoms with Gasteiger partial charge in [-0.25, -0.2) is 0 Å². The predicted molar refractivity (Wildman–Crippen MR) is 60.8 cm³/mol. The fraction of sp³-hybridized carbons (Fsp3) is 0.182. The molecule has 70 valence electrons. The molecule has 0 amide bonds. The fourth-order valence-electron chi connectivity index (χ4n) is 1.05. The molecule has 0 atom stereocenters. The summed E-state index contributed by atoms with van der Waals surface area (Å²) in [7, 11) is 0. The van der Waals surface area contributed by atoms with Crippen molar-refractivity contribution in [3.63, 3.8) is 0 Å². The van der Waals surface area contributed by atoms with Crippen molar-refractivity contribution in [3.8, 4) is 18.4 Å². The Kier molecular flexibility index (Phi) is 4.04. The molecule has 0 heterocycles. The predicted octanol–water partition coefficient (Wildman–Crippen LogP) is 2.76. The number of halogens is 1. The van der Waals surface area contributed by atoms with Crippen LogP contribution in [0.5, 0.6) is 0 Å². The summed E-state index contributed by atoms with van der Waals surface area (Å²) in [6.07, 6.45) is 5.78. The van der Waals surface area contributed by atoms with Crippen molar-refractivity contribution >= 4 is 21.6 Å². The van der Waals surface area contributed by atoms with Crippen molar-refractivity contribution in [2.45, 2.75) is 6.42 Å². The quantitative estimate of drug-likeness (QED) is 0.660. The van der Waals surface area contributed by atoms with Crippen LogP contribution in [0.25, 0.3) is 0 Å². The zero-order valence-corrected chi connectivity index (χ0v) is 9.13. The minimum absolute atomic E-state index is 0.615. The van der Waals surface area contributed by atoms with Gasteiger partial charge in [0.2, 0.25) is 0 Å². The van der Waals surface area contributed by atoms with Gasteiger partial charge in [-0.05, 0) is 28.1 Å². The normalized spacial score (nSPS) is 8.79. The highest BCUT2D eigenvalue weighted by Crippen LogP contribution is 2.23. The van der Waals surface area contributed by atoms with Gasteiger partial charge in [0.1, 0.15) is 6.07 Å². The third kappa shape index (κ3) is 2.52. The Bertz CT molecular complexity index is 399. The van der Waals surface area contributed by atoms with Gasteiger partial charge in [0, 0.05) is 17.4 Å². The molecule has 1 aromatic carbocycles. The number of anilines is 1. The Morgan fingerprint density at radius 1 is 1.50 bits per heavy atom. The molecule has 0 unspecified atom stereocenters. The smallest absolute Gasteiger partial charge is 0.103 e. The highest BCUT2D eigenvalue weighted by Gasteiger charge is 2.03. The Labute approximate surface area is 92.1 Å². The van der Waals surface area contributed by atoms with Gasteiger partial charge >= 0.3 is 0 Å². The molecule has 0 fully saturated rings. The van der Waals surface area contributed by atoms with E-state index in [1.54, 1.807) is 0 Å². The van der Waals surface area contributed by atoms with Gasteiger partial charge in [-0.15, -0.1) is 12.3 Å². The van der Waals surface area contributed by atoms with Gasteiger partial charge in [-0.3, -0.25) is 0 Å². The van der Waals surface area contributed by atoms with Crippen LogP contribution in [0.15, 0.2) is 22.7 Å². The van der Waals surface area contributed by atoms with E-state index >= 15 is 0 Å². The molecule has 0 aliphatic carbocycles. The minimum Gasteiger partial charge on any atom is -0.383 e. The number of rotatable bonds is 3. The SMILES string of the molecule is C#CCCNc1cccc(Br)c1C#N. The maximum Gasteiger partial charge on any atom is 0.103 e. The summed E-state index contributed by atoms with van der Waals surface area (Å²) < 4.78 is 0.797. The van der Waals surface area contributed by atoms with Crippen molar-refractivity contribution in [1.29, 1.82) is 5.26 Å². The fourth-order valence-corrected chi connectivity index (χ4v) is 1.51. The van der Waals surface area contributed by atoms with Crippen molar-refractivity contribution in [3.05, 3.63) is 28.2 Å². The van der Waals surface area contributed by atoms with E-state index < -0.39 is 0 Å². The highest BCUT2D eigenvalue weighted by atomic mass is 79.9. The van der Waals surface area contributed by atoms with Crippen molar-refractivity contribution in [1.82, 2.24) is 0 Å². The molecule has 0 aliphatic rings. The number of nitriles is 1. The van der Waals surface area contributed by atoms with E-state index in [0.29, 0.717) is 18.5 Å². The van der Waals surface area contributed by atoms with Crippen LogP contribution in [0.3, 0.4) is 0 Å². The van der Waals surface area contributed by atoms with E-state index in [1.807, 2.05) is 18.2 Å². The van der Waals surface area contributed by atoms with Gasteiger partial charge in [-0.1, -0.05) is 6.07 Å². The summed E-state index contributed by atoms with van der Waals surface area (Å²) in [5, 5.41) is 12.0. The molecule has 1 aromatic rings. The molecular formula is C11H9BrN2. The minimum atomic E-state index is 0.615.